The number of morpholine rings is 1. The number of hydrogen-bond acceptors (Lipinski definition) is 6. The molecular formula is C19H19N3O3S. The molecule has 0 unspecified atom stereocenters. The van der Waals surface area contributed by atoms with Crippen LogP contribution in [0.5, 0.6) is 5.75 Å². The Morgan fingerprint density at radius 1 is 1.54 bits per heavy atom. The van der Waals surface area contributed by atoms with Crippen LogP contribution in [-0.2, 0) is 16.1 Å². The Labute approximate surface area is 156 Å². The van der Waals surface area contributed by atoms with Crippen molar-refractivity contribution in [2.75, 3.05) is 19.8 Å². The first-order valence-electron chi connectivity index (χ1n) is 8.26. The number of carbonyl (C=O) groups excluding carboxylic acids is 1. The van der Waals surface area contributed by atoms with E-state index in [4.69, 9.17) is 14.7 Å². The van der Waals surface area contributed by atoms with Gasteiger partial charge in [0.25, 0.3) is 0 Å². The van der Waals surface area contributed by atoms with E-state index in [-0.39, 0.29) is 12.5 Å². The molecule has 0 bridgehead atoms. The molecule has 0 spiro atoms. The summed E-state index contributed by atoms with van der Waals surface area (Å²) >= 11 is 1.58. The second-order valence-electron chi connectivity index (χ2n) is 5.77. The quantitative estimate of drug-likeness (QED) is 0.758. The molecule has 0 saturated carbocycles. The summed E-state index contributed by atoms with van der Waals surface area (Å²) in [6.45, 7) is 3.45. The molecule has 134 valence electrons. The van der Waals surface area contributed by atoms with Gasteiger partial charge in [0.05, 0.1) is 30.0 Å². The van der Waals surface area contributed by atoms with E-state index in [0.717, 1.165) is 16.3 Å². The van der Waals surface area contributed by atoms with E-state index in [1.165, 1.54) is 11.0 Å². The smallest absolute Gasteiger partial charge is 0.247 e. The Balaban J connectivity index is 1.68. The van der Waals surface area contributed by atoms with Gasteiger partial charge in [0.1, 0.15) is 18.4 Å². The summed E-state index contributed by atoms with van der Waals surface area (Å²) in [5.41, 5.74) is 1.68. The highest BCUT2D eigenvalue weighted by Crippen LogP contribution is 2.21. The van der Waals surface area contributed by atoms with Crippen LogP contribution in [0.1, 0.15) is 16.3 Å². The zero-order chi connectivity index (χ0) is 18.4. The molecule has 2 heterocycles. The maximum atomic E-state index is 12.4. The summed E-state index contributed by atoms with van der Waals surface area (Å²) in [4.78, 5) is 18.3. The summed E-state index contributed by atoms with van der Waals surface area (Å²) in [5, 5.41) is 12.1. The van der Waals surface area contributed by atoms with Crippen LogP contribution in [0, 0.1) is 18.3 Å². The molecule has 0 aliphatic carbocycles. The van der Waals surface area contributed by atoms with Gasteiger partial charge in [-0.2, -0.15) is 5.26 Å². The van der Waals surface area contributed by atoms with Gasteiger partial charge in [0.2, 0.25) is 5.91 Å². The zero-order valence-electron chi connectivity index (χ0n) is 14.4. The summed E-state index contributed by atoms with van der Waals surface area (Å²) in [7, 11) is 0. The van der Waals surface area contributed by atoms with E-state index >= 15 is 0 Å². The molecule has 1 amide bonds. The molecule has 3 rings (SSSR count). The van der Waals surface area contributed by atoms with Crippen LogP contribution in [0.25, 0.3) is 6.08 Å². The van der Waals surface area contributed by atoms with Crippen molar-refractivity contribution < 1.29 is 14.3 Å². The summed E-state index contributed by atoms with van der Waals surface area (Å²) in [5.74, 6) is 0.478. The fraction of sp³-hybridized carbons (Fsp3) is 0.316. The molecule has 1 aromatic heterocycles. The minimum absolute atomic E-state index is 0.204. The second kappa shape index (κ2) is 8.61. The number of carbonyl (C=O) groups is 1. The Bertz CT molecular complexity index is 841. The number of benzene rings is 1. The van der Waals surface area contributed by atoms with Crippen molar-refractivity contribution in [3.05, 3.63) is 52.0 Å². The number of hydrogen-bond donors (Lipinski definition) is 0. The Kier molecular flexibility index (Phi) is 6.00. The number of para-hydroxylation sites is 1. The highest BCUT2D eigenvalue weighted by atomic mass is 32.1. The first-order valence-corrected chi connectivity index (χ1v) is 9.14. The number of nitriles is 1. The van der Waals surface area contributed by atoms with Crippen LogP contribution in [0.15, 0.2) is 35.7 Å². The molecule has 0 radical (unpaired) electrons. The highest BCUT2D eigenvalue weighted by molar-refractivity contribution is 7.09. The van der Waals surface area contributed by atoms with Crippen molar-refractivity contribution in [3.8, 4) is 11.8 Å². The lowest BCUT2D eigenvalue weighted by atomic mass is 10.1. The maximum Gasteiger partial charge on any atom is 0.247 e. The summed E-state index contributed by atoms with van der Waals surface area (Å²) < 4.78 is 11.1. The van der Waals surface area contributed by atoms with Gasteiger partial charge in [-0.1, -0.05) is 18.2 Å². The van der Waals surface area contributed by atoms with Crippen molar-refractivity contribution in [3.63, 3.8) is 0 Å². The van der Waals surface area contributed by atoms with E-state index in [1.54, 1.807) is 17.4 Å². The average molecular weight is 369 g/mol. The van der Waals surface area contributed by atoms with Crippen molar-refractivity contribution >= 4 is 23.3 Å². The topological polar surface area (TPSA) is 75.4 Å². The lowest BCUT2D eigenvalue weighted by molar-refractivity contribution is -0.132. The standard InChI is InChI=1S/C19H19N3O3S/c1-14-21-16(13-26-14)11-25-18-5-3-2-4-15(18)6-7-19(23)22-8-9-24-12-17(22)10-20/h2-7,13,17H,8-9,11-12H2,1H3/b7-6+/t17-/m0/s1. The monoisotopic (exact) mass is 369 g/mol. The third kappa shape index (κ3) is 4.48. The van der Waals surface area contributed by atoms with E-state index in [9.17, 15) is 4.79 Å². The molecule has 26 heavy (non-hydrogen) atoms. The zero-order valence-corrected chi connectivity index (χ0v) is 15.2. The van der Waals surface area contributed by atoms with E-state index < -0.39 is 6.04 Å². The van der Waals surface area contributed by atoms with E-state index in [1.807, 2.05) is 36.6 Å². The number of amides is 1. The van der Waals surface area contributed by atoms with Crippen LogP contribution >= 0.6 is 11.3 Å². The number of nitrogens with zero attached hydrogens (tertiary/aromatic N) is 3. The molecule has 0 N–H and O–H groups in total. The van der Waals surface area contributed by atoms with Crippen molar-refractivity contribution in [1.29, 1.82) is 5.26 Å². The third-order valence-corrected chi connectivity index (χ3v) is 4.75. The number of aryl methyl sites for hydroxylation is 1. The number of rotatable bonds is 5. The van der Waals surface area contributed by atoms with Gasteiger partial charge >= 0.3 is 0 Å². The molecule has 2 aromatic rings. The fourth-order valence-corrected chi connectivity index (χ4v) is 3.20. The van der Waals surface area contributed by atoms with Gasteiger partial charge in [-0.05, 0) is 19.1 Å². The molecule has 1 aliphatic rings. The van der Waals surface area contributed by atoms with Crippen molar-refractivity contribution in [2.24, 2.45) is 0 Å². The fourth-order valence-electron chi connectivity index (χ4n) is 2.61. The lowest BCUT2D eigenvalue weighted by Gasteiger charge is -2.30. The van der Waals surface area contributed by atoms with Crippen LogP contribution in [0.3, 0.4) is 0 Å². The minimum atomic E-state index is -0.541. The van der Waals surface area contributed by atoms with Gasteiger partial charge < -0.3 is 14.4 Å². The third-order valence-electron chi connectivity index (χ3n) is 3.93. The predicted octanol–water partition coefficient (Wildman–Crippen LogP) is 2.79. The van der Waals surface area contributed by atoms with Crippen LogP contribution in [-0.4, -0.2) is 41.6 Å². The van der Waals surface area contributed by atoms with Crippen molar-refractivity contribution in [2.45, 2.75) is 19.6 Å². The minimum Gasteiger partial charge on any atom is -0.487 e. The van der Waals surface area contributed by atoms with Gasteiger partial charge in [-0.25, -0.2) is 4.98 Å². The van der Waals surface area contributed by atoms with Gasteiger partial charge in [0.15, 0.2) is 0 Å². The highest BCUT2D eigenvalue weighted by Gasteiger charge is 2.25. The number of thiazole rings is 1. The lowest BCUT2D eigenvalue weighted by Crippen LogP contribution is -2.47. The van der Waals surface area contributed by atoms with E-state index in [2.05, 4.69) is 11.1 Å². The first kappa shape index (κ1) is 18.1. The van der Waals surface area contributed by atoms with Gasteiger partial charge in [0, 0.05) is 23.6 Å². The molecular weight excluding hydrogens is 350 g/mol. The van der Waals surface area contributed by atoms with Crippen molar-refractivity contribution in [1.82, 2.24) is 9.88 Å². The Hall–Kier alpha value is -2.69. The number of ether oxygens (including phenoxy) is 2. The first-order chi connectivity index (χ1) is 12.7. The maximum absolute atomic E-state index is 12.4. The SMILES string of the molecule is Cc1nc(COc2ccccc2/C=C/C(=O)N2CCOC[C@@H]2C#N)cs1. The molecule has 1 atom stereocenters. The van der Waals surface area contributed by atoms with Gasteiger partial charge in [-0.3, -0.25) is 4.79 Å². The summed E-state index contributed by atoms with van der Waals surface area (Å²) in [6.07, 6.45) is 3.19. The summed E-state index contributed by atoms with van der Waals surface area (Å²) in [6, 6.07) is 9.07. The molecule has 1 aromatic carbocycles. The molecule has 7 heteroatoms. The van der Waals surface area contributed by atoms with Crippen LogP contribution in [0.2, 0.25) is 0 Å². The molecule has 1 fully saturated rings. The average Bonchev–Trinajstić information content (AvgIpc) is 3.10. The number of aromatic nitrogens is 1. The van der Waals surface area contributed by atoms with E-state index in [0.29, 0.717) is 25.5 Å². The molecule has 1 saturated heterocycles. The molecule has 6 nitrogen and oxygen atoms in total. The normalized spacial score (nSPS) is 17.2. The molecule has 1 aliphatic heterocycles. The predicted molar refractivity (Wildman–Crippen MR) is 98.6 cm³/mol. The second-order valence-corrected chi connectivity index (χ2v) is 6.83. The van der Waals surface area contributed by atoms with Crippen LogP contribution in [0.4, 0.5) is 0 Å². The largest absolute Gasteiger partial charge is 0.487 e. The van der Waals surface area contributed by atoms with Crippen LogP contribution < -0.4 is 4.74 Å². The Morgan fingerprint density at radius 2 is 2.38 bits per heavy atom. The Morgan fingerprint density at radius 3 is 3.15 bits per heavy atom. The van der Waals surface area contributed by atoms with Gasteiger partial charge in [-0.15, -0.1) is 11.3 Å².